The highest BCUT2D eigenvalue weighted by molar-refractivity contribution is 7.18. The van der Waals surface area contributed by atoms with Crippen molar-refractivity contribution in [2.45, 2.75) is 52.2 Å². The van der Waals surface area contributed by atoms with Crippen LogP contribution in [0.1, 0.15) is 36.0 Å². The molecule has 0 spiro atoms. The molecule has 0 radical (unpaired) electrons. The summed E-state index contributed by atoms with van der Waals surface area (Å²) >= 11 is 1.60. The molecule has 1 aliphatic rings. The molecule has 1 aliphatic heterocycles. The summed E-state index contributed by atoms with van der Waals surface area (Å²) < 4.78 is 0. The van der Waals surface area contributed by atoms with Crippen LogP contribution in [0, 0.1) is 13.8 Å². The lowest BCUT2D eigenvalue weighted by Gasteiger charge is -2.35. The molecule has 0 amide bonds. The number of thiophene rings is 1. The van der Waals surface area contributed by atoms with Gasteiger partial charge in [0.1, 0.15) is 10.7 Å². The summed E-state index contributed by atoms with van der Waals surface area (Å²) in [6.45, 7) is 7.87. The van der Waals surface area contributed by atoms with E-state index in [0.29, 0.717) is 18.6 Å². The Bertz CT molecular complexity index is 720. The van der Waals surface area contributed by atoms with Gasteiger partial charge in [0.2, 0.25) is 0 Å². The van der Waals surface area contributed by atoms with E-state index in [-0.39, 0.29) is 5.56 Å². The molecule has 3 N–H and O–H groups in total. The number of aromatic nitrogens is 2. The lowest BCUT2D eigenvalue weighted by atomic mass is 9.99. The fraction of sp³-hybridized carbons (Fsp3) is 0.600. The largest absolute Gasteiger partial charge is 0.328 e. The Balaban J connectivity index is 1.90. The quantitative estimate of drug-likeness (QED) is 0.889. The molecule has 6 heteroatoms. The topological polar surface area (TPSA) is 75.0 Å². The monoisotopic (exact) mass is 306 g/mol. The maximum atomic E-state index is 12.3. The van der Waals surface area contributed by atoms with Crippen LogP contribution in [0.3, 0.4) is 0 Å². The van der Waals surface area contributed by atoms with Crippen molar-refractivity contribution in [2.75, 3.05) is 6.54 Å². The molecule has 21 heavy (non-hydrogen) atoms. The van der Waals surface area contributed by atoms with Crippen LogP contribution in [0.25, 0.3) is 10.2 Å². The number of aromatic amines is 1. The molecule has 3 rings (SSSR count). The van der Waals surface area contributed by atoms with Crippen LogP contribution in [-0.2, 0) is 6.54 Å². The van der Waals surface area contributed by atoms with Gasteiger partial charge in [0.05, 0.1) is 11.9 Å². The average Bonchev–Trinajstić information content (AvgIpc) is 2.69. The zero-order chi connectivity index (χ0) is 15.1. The van der Waals surface area contributed by atoms with E-state index in [1.807, 2.05) is 13.8 Å². The molecule has 2 atom stereocenters. The number of hydrogen-bond donors (Lipinski definition) is 2. The lowest BCUT2D eigenvalue weighted by Crippen LogP contribution is -2.45. The van der Waals surface area contributed by atoms with Gasteiger partial charge in [0.15, 0.2) is 0 Å². The molecule has 2 aromatic heterocycles. The van der Waals surface area contributed by atoms with E-state index in [0.717, 1.165) is 45.9 Å². The number of hydrogen-bond acceptors (Lipinski definition) is 5. The summed E-state index contributed by atoms with van der Waals surface area (Å²) in [6, 6.07) is 0.731. The van der Waals surface area contributed by atoms with Gasteiger partial charge in [-0.25, -0.2) is 4.98 Å². The average molecular weight is 306 g/mol. The first-order valence-corrected chi connectivity index (χ1v) is 8.26. The van der Waals surface area contributed by atoms with Gasteiger partial charge in [-0.2, -0.15) is 0 Å². The summed E-state index contributed by atoms with van der Waals surface area (Å²) in [5.41, 5.74) is 7.03. The Hall–Kier alpha value is -1.24. The minimum Gasteiger partial charge on any atom is -0.328 e. The molecule has 5 nitrogen and oxygen atoms in total. The number of rotatable bonds is 2. The van der Waals surface area contributed by atoms with E-state index < -0.39 is 0 Å². The second-order valence-corrected chi connectivity index (χ2v) is 7.28. The van der Waals surface area contributed by atoms with Crippen molar-refractivity contribution in [1.82, 2.24) is 14.9 Å². The first-order valence-electron chi connectivity index (χ1n) is 7.44. The molecule has 0 saturated carbocycles. The first kappa shape index (κ1) is 14.7. The summed E-state index contributed by atoms with van der Waals surface area (Å²) in [7, 11) is 0. The third-order valence-corrected chi connectivity index (χ3v) is 5.60. The second kappa shape index (κ2) is 5.51. The van der Waals surface area contributed by atoms with Gasteiger partial charge in [0, 0.05) is 23.5 Å². The standard InChI is InChI=1S/C15H22N4OS/c1-8-6-11(16)4-5-19(8)7-12-17-14(20)13-9(2)10(3)21-15(13)18-12/h8,11H,4-7,16H2,1-3H3,(H,17,18,20). The van der Waals surface area contributed by atoms with Crippen LogP contribution < -0.4 is 11.3 Å². The predicted octanol–water partition coefficient (Wildman–Crippen LogP) is 1.91. The van der Waals surface area contributed by atoms with Crippen molar-refractivity contribution in [1.29, 1.82) is 0 Å². The number of aryl methyl sites for hydroxylation is 2. The number of likely N-dealkylation sites (tertiary alicyclic amines) is 1. The maximum Gasteiger partial charge on any atom is 0.259 e. The third kappa shape index (κ3) is 2.75. The maximum absolute atomic E-state index is 12.3. The predicted molar refractivity (Wildman–Crippen MR) is 86.8 cm³/mol. The number of nitrogens with zero attached hydrogens (tertiary/aromatic N) is 2. The highest BCUT2D eigenvalue weighted by Crippen LogP contribution is 2.26. The van der Waals surface area contributed by atoms with Crippen molar-refractivity contribution < 1.29 is 0 Å². The van der Waals surface area contributed by atoms with Gasteiger partial charge in [-0.15, -0.1) is 11.3 Å². The number of nitrogens with two attached hydrogens (primary N) is 1. The molecule has 3 heterocycles. The molecule has 0 aliphatic carbocycles. The van der Waals surface area contributed by atoms with Gasteiger partial charge in [-0.05, 0) is 39.2 Å². The number of H-pyrrole nitrogens is 1. The molecular formula is C15H22N4OS. The Morgan fingerprint density at radius 1 is 1.48 bits per heavy atom. The van der Waals surface area contributed by atoms with E-state index in [9.17, 15) is 4.79 Å². The van der Waals surface area contributed by atoms with Gasteiger partial charge >= 0.3 is 0 Å². The second-order valence-electron chi connectivity index (χ2n) is 6.08. The Kier molecular flexibility index (Phi) is 3.86. The fourth-order valence-electron chi connectivity index (χ4n) is 3.06. The van der Waals surface area contributed by atoms with E-state index in [4.69, 9.17) is 5.73 Å². The van der Waals surface area contributed by atoms with Crippen molar-refractivity contribution >= 4 is 21.6 Å². The number of piperidine rings is 1. The van der Waals surface area contributed by atoms with Crippen LogP contribution >= 0.6 is 11.3 Å². The summed E-state index contributed by atoms with van der Waals surface area (Å²) in [6.07, 6.45) is 2.01. The zero-order valence-corrected chi connectivity index (χ0v) is 13.6. The van der Waals surface area contributed by atoms with E-state index in [1.54, 1.807) is 11.3 Å². The van der Waals surface area contributed by atoms with Crippen LogP contribution in [-0.4, -0.2) is 33.5 Å². The molecular weight excluding hydrogens is 284 g/mol. The normalized spacial score (nSPS) is 23.8. The molecule has 1 saturated heterocycles. The van der Waals surface area contributed by atoms with Crippen LogP contribution in [0.15, 0.2) is 4.79 Å². The molecule has 2 aromatic rings. The summed E-state index contributed by atoms with van der Waals surface area (Å²) in [4.78, 5) is 24.3. The van der Waals surface area contributed by atoms with Crippen molar-refractivity contribution in [3.8, 4) is 0 Å². The Morgan fingerprint density at radius 3 is 2.95 bits per heavy atom. The van der Waals surface area contributed by atoms with E-state index >= 15 is 0 Å². The van der Waals surface area contributed by atoms with Crippen molar-refractivity contribution in [3.05, 3.63) is 26.6 Å². The lowest BCUT2D eigenvalue weighted by molar-refractivity contribution is 0.136. The van der Waals surface area contributed by atoms with Gasteiger partial charge < -0.3 is 10.7 Å². The van der Waals surface area contributed by atoms with Crippen LogP contribution in [0.4, 0.5) is 0 Å². The molecule has 0 bridgehead atoms. The Labute approximate surface area is 128 Å². The van der Waals surface area contributed by atoms with Gasteiger partial charge in [-0.3, -0.25) is 9.69 Å². The van der Waals surface area contributed by atoms with E-state index in [1.165, 1.54) is 0 Å². The van der Waals surface area contributed by atoms with Gasteiger partial charge in [-0.1, -0.05) is 0 Å². The molecule has 2 unspecified atom stereocenters. The van der Waals surface area contributed by atoms with Gasteiger partial charge in [0.25, 0.3) is 5.56 Å². The number of nitrogens with one attached hydrogen (secondary N) is 1. The minimum atomic E-state index is -0.0155. The zero-order valence-electron chi connectivity index (χ0n) is 12.8. The summed E-state index contributed by atoms with van der Waals surface area (Å²) in [5, 5.41) is 0.745. The van der Waals surface area contributed by atoms with E-state index in [2.05, 4.69) is 21.8 Å². The minimum absolute atomic E-state index is 0.0155. The Morgan fingerprint density at radius 2 is 2.24 bits per heavy atom. The molecule has 0 aromatic carbocycles. The highest BCUT2D eigenvalue weighted by atomic mass is 32.1. The SMILES string of the molecule is Cc1sc2nc(CN3CCC(N)CC3C)[nH]c(=O)c2c1C. The first-order chi connectivity index (χ1) is 9.95. The van der Waals surface area contributed by atoms with Crippen LogP contribution in [0.2, 0.25) is 0 Å². The highest BCUT2D eigenvalue weighted by Gasteiger charge is 2.24. The van der Waals surface area contributed by atoms with Crippen LogP contribution in [0.5, 0.6) is 0 Å². The molecule has 1 fully saturated rings. The smallest absolute Gasteiger partial charge is 0.259 e. The number of fused-ring (bicyclic) bond motifs is 1. The fourth-order valence-corrected chi connectivity index (χ4v) is 4.11. The summed E-state index contributed by atoms with van der Waals surface area (Å²) in [5.74, 6) is 0.760. The molecule has 114 valence electrons. The van der Waals surface area contributed by atoms with Crippen molar-refractivity contribution in [3.63, 3.8) is 0 Å². The third-order valence-electron chi connectivity index (χ3n) is 4.50. The van der Waals surface area contributed by atoms with Crippen molar-refractivity contribution in [2.24, 2.45) is 5.73 Å².